The van der Waals surface area contributed by atoms with Crippen LogP contribution in [0.25, 0.3) is 0 Å². The SMILES string of the molecule is CCc1ccccc1CNc1ccc(C#N)nc1. The Hall–Kier alpha value is -2.34. The van der Waals surface area contributed by atoms with E-state index in [0.717, 1.165) is 18.7 Å². The minimum atomic E-state index is 0.439. The molecule has 0 radical (unpaired) electrons. The lowest BCUT2D eigenvalue weighted by molar-refractivity contribution is 1.04. The maximum Gasteiger partial charge on any atom is 0.140 e. The van der Waals surface area contributed by atoms with Crippen LogP contribution in [0.3, 0.4) is 0 Å². The Morgan fingerprint density at radius 2 is 1.94 bits per heavy atom. The van der Waals surface area contributed by atoms with Gasteiger partial charge in [0, 0.05) is 6.54 Å². The predicted octanol–water partition coefficient (Wildman–Crippen LogP) is 3.13. The molecule has 0 saturated heterocycles. The number of benzene rings is 1. The van der Waals surface area contributed by atoms with E-state index in [1.807, 2.05) is 18.2 Å². The molecule has 0 saturated carbocycles. The van der Waals surface area contributed by atoms with Gasteiger partial charge in [-0.15, -0.1) is 0 Å². The first kappa shape index (κ1) is 12.1. The van der Waals surface area contributed by atoms with Gasteiger partial charge in [-0.05, 0) is 29.7 Å². The van der Waals surface area contributed by atoms with Gasteiger partial charge in [-0.3, -0.25) is 0 Å². The third-order valence-corrected chi connectivity index (χ3v) is 2.86. The lowest BCUT2D eigenvalue weighted by Gasteiger charge is -2.09. The molecule has 0 bridgehead atoms. The van der Waals surface area contributed by atoms with Crippen molar-refractivity contribution in [3.05, 3.63) is 59.4 Å². The molecule has 0 spiro atoms. The summed E-state index contributed by atoms with van der Waals surface area (Å²) in [4.78, 5) is 4.03. The number of pyridine rings is 1. The summed E-state index contributed by atoms with van der Waals surface area (Å²) in [5.74, 6) is 0. The van der Waals surface area contributed by atoms with E-state index in [2.05, 4.69) is 35.4 Å². The van der Waals surface area contributed by atoms with Crippen LogP contribution in [0.15, 0.2) is 42.6 Å². The Labute approximate surface area is 107 Å². The summed E-state index contributed by atoms with van der Waals surface area (Å²) in [5, 5.41) is 12.0. The number of rotatable bonds is 4. The van der Waals surface area contributed by atoms with E-state index in [9.17, 15) is 0 Å². The molecule has 90 valence electrons. The van der Waals surface area contributed by atoms with Crippen molar-refractivity contribution in [3.8, 4) is 6.07 Å². The molecule has 18 heavy (non-hydrogen) atoms. The Morgan fingerprint density at radius 3 is 2.56 bits per heavy atom. The van der Waals surface area contributed by atoms with Crippen molar-refractivity contribution >= 4 is 5.69 Å². The summed E-state index contributed by atoms with van der Waals surface area (Å²) < 4.78 is 0. The highest BCUT2D eigenvalue weighted by Gasteiger charge is 2.00. The zero-order valence-electron chi connectivity index (χ0n) is 10.4. The van der Waals surface area contributed by atoms with Crippen LogP contribution in [0, 0.1) is 11.3 Å². The third kappa shape index (κ3) is 2.86. The molecule has 0 atom stereocenters. The molecule has 3 nitrogen and oxygen atoms in total. The van der Waals surface area contributed by atoms with E-state index in [-0.39, 0.29) is 0 Å². The van der Waals surface area contributed by atoms with Crippen LogP contribution in [-0.4, -0.2) is 4.98 Å². The van der Waals surface area contributed by atoms with Gasteiger partial charge in [-0.2, -0.15) is 5.26 Å². The van der Waals surface area contributed by atoms with Crippen molar-refractivity contribution in [1.29, 1.82) is 5.26 Å². The van der Waals surface area contributed by atoms with E-state index < -0.39 is 0 Å². The average Bonchev–Trinajstić information content (AvgIpc) is 2.46. The van der Waals surface area contributed by atoms with Crippen LogP contribution < -0.4 is 5.32 Å². The second kappa shape index (κ2) is 5.83. The van der Waals surface area contributed by atoms with Crippen molar-refractivity contribution in [1.82, 2.24) is 4.98 Å². The van der Waals surface area contributed by atoms with Crippen LogP contribution in [-0.2, 0) is 13.0 Å². The van der Waals surface area contributed by atoms with Gasteiger partial charge >= 0.3 is 0 Å². The largest absolute Gasteiger partial charge is 0.380 e. The molecular formula is C15H15N3. The summed E-state index contributed by atoms with van der Waals surface area (Å²) in [6.45, 7) is 2.93. The van der Waals surface area contributed by atoms with Gasteiger partial charge in [0.05, 0.1) is 11.9 Å². The topological polar surface area (TPSA) is 48.7 Å². The van der Waals surface area contributed by atoms with Crippen molar-refractivity contribution in [2.75, 3.05) is 5.32 Å². The highest BCUT2D eigenvalue weighted by Crippen LogP contribution is 2.12. The zero-order valence-corrected chi connectivity index (χ0v) is 10.4. The number of anilines is 1. The van der Waals surface area contributed by atoms with E-state index >= 15 is 0 Å². The zero-order chi connectivity index (χ0) is 12.8. The first-order valence-corrected chi connectivity index (χ1v) is 6.00. The summed E-state index contributed by atoms with van der Waals surface area (Å²) in [7, 11) is 0. The monoisotopic (exact) mass is 237 g/mol. The number of aromatic nitrogens is 1. The van der Waals surface area contributed by atoms with Gasteiger partial charge in [0.15, 0.2) is 0 Å². The van der Waals surface area contributed by atoms with E-state index in [1.165, 1.54) is 11.1 Å². The van der Waals surface area contributed by atoms with Gasteiger partial charge in [0.2, 0.25) is 0 Å². The van der Waals surface area contributed by atoms with Gasteiger partial charge in [0.1, 0.15) is 11.8 Å². The van der Waals surface area contributed by atoms with Crippen molar-refractivity contribution < 1.29 is 0 Å². The molecule has 1 heterocycles. The van der Waals surface area contributed by atoms with Gasteiger partial charge in [-0.25, -0.2) is 4.98 Å². The smallest absolute Gasteiger partial charge is 0.140 e. The molecule has 3 heteroatoms. The highest BCUT2D eigenvalue weighted by atomic mass is 14.9. The second-order valence-corrected chi connectivity index (χ2v) is 4.02. The van der Waals surface area contributed by atoms with Crippen molar-refractivity contribution in [3.63, 3.8) is 0 Å². The average molecular weight is 237 g/mol. The molecule has 0 amide bonds. The molecule has 2 rings (SSSR count). The van der Waals surface area contributed by atoms with Crippen molar-refractivity contribution in [2.45, 2.75) is 19.9 Å². The first-order chi connectivity index (χ1) is 8.83. The van der Waals surface area contributed by atoms with Crippen LogP contribution in [0.1, 0.15) is 23.7 Å². The number of hydrogen-bond acceptors (Lipinski definition) is 3. The standard InChI is InChI=1S/C15H15N3/c1-2-12-5-3-4-6-13(12)10-17-15-8-7-14(9-16)18-11-15/h3-8,11,17H,2,10H2,1H3. The summed E-state index contributed by atoms with van der Waals surface area (Å²) in [6.07, 6.45) is 2.72. The maximum absolute atomic E-state index is 8.67. The lowest BCUT2D eigenvalue weighted by atomic mass is 10.1. The highest BCUT2D eigenvalue weighted by molar-refractivity contribution is 5.44. The molecule has 0 aliphatic rings. The normalized spacial score (nSPS) is 9.78. The van der Waals surface area contributed by atoms with Crippen LogP contribution in [0.5, 0.6) is 0 Å². The van der Waals surface area contributed by atoms with E-state index in [1.54, 1.807) is 12.3 Å². The maximum atomic E-state index is 8.67. The third-order valence-electron chi connectivity index (χ3n) is 2.86. The minimum absolute atomic E-state index is 0.439. The molecular weight excluding hydrogens is 222 g/mol. The molecule has 1 aromatic carbocycles. The number of aryl methyl sites for hydroxylation is 1. The van der Waals surface area contributed by atoms with Gasteiger partial charge < -0.3 is 5.32 Å². The quantitative estimate of drug-likeness (QED) is 0.888. The predicted molar refractivity (Wildman–Crippen MR) is 72.1 cm³/mol. The fourth-order valence-electron chi connectivity index (χ4n) is 1.84. The number of nitrogens with one attached hydrogen (secondary N) is 1. The molecule has 0 unspecified atom stereocenters. The molecule has 2 aromatic rings. The van der Waals surface area contributed by atoms with E-state index in [4.69, 9.17) is 5.26 Å². The first-order valence-electron chi connectivity index (χ1n) is 6.00. The summed E-state index contributed by atoms with van der Waals surface area (Å²) in [5.41, 5.74) is 4.02. The van der Waals surface area contributed by atoms with Crippen LogP contribution >= 0.6 is 0 Å². The summed E-state index contributed by atoms with van der Waals surface area (Å²) in [6, 6.07) is 14.0. The second-order valence-electron chi connectivity index (χ2n) is 4.02. The molecule has 1 N–H and O–H groups in total. The fraction of sp³-hybridized carbons (Fsp3) is 0.200. The van der Waals surface area contributed by atoms with E-state index in [0.29, 0.717) is 5.69 Å². The van der Waals surface area contributed by atoms with Crippen LogP contribution in [0.2, 0.25) is 0 Å². The number of nitriles is 1. The van der Waals surface area contributed by atoms with Gasteiger partial charge in [0.25, 0.3) is 0 Å². The van der Waals surface area contributed by atoms with Crippen LogP contribution in [0.4, 0.5) is 5.69 Å². The Morgan fingerprint density at radius 1 is 1.17 bits per heavy atom. The Kier molecular flexibility index (Phi) is 3.93. The number of hydrogen-bond donors (Lipinski definition) is 1. The fourth-order valence-corrected chi connectivity index (χ4v) is 1.84. The Bertz CT molecular complexity index is 553. The van der Waals surface area contributed by atoms with Gasteiger partial charge in [-0.1, -0.05) is 31.2 Å². The minimum Gasteiger partial charge on any atom is -0.380 e. The molecule has 0 fully saturated rings. The Balaban J connectivity index is 2.04. The molecule has 1 aromatic heterocycles. The summed E-state index contributed by atoms with van der Waals surface area (Å²) >= 11 is 0. The number of nitrogens with zero attached hydrogens (tertiary/aromatic N) is 2. The van der Waals surface area contributed by atoms with Crippen molar-refractivity contribution in [2.24, 2.45) is 0 Å². The molecule has 0 aliphatic carbocycles. The lowest BCUT2D eigenvalue weighted by Crippen LogP contribution is -2.02. The molecule has 0 aliphatic heterocycles.